The van der Waals surface area contributed by atoms with E-state index < -0.39 is 0 Å². The van der Waals surface area contributed by atoms with E-state index in [9.17, 15) is 9.90 Å². The van der Waals surface area contributed by atoms with Crippen molar-refractivity contribution in [2.75, 3.05) is 26.2 Å². The fourth-order valence-electron chi connectivity index (χ4n) is 3.80. The number of para-hydroxylation sites is 1. The number of nitrogens with zero attached hydrogens (tertiary/aromatic N) is 3. The molecule has 0 radical (unpaired) electrons. The van der Waals surface area contributed by atoms with Crippen LogP contribution in [0.25, 0.3) is 10.9 Å². The highest BCUT2D eigenvalue weighted by Crippen LogP contribution is 2.21. The second-order valence-corrected chi connectivity index (χ2v) is 6.99. The molecule has 2 heterocycles. The van der Waals surface area contributed by atoms with Crippen LogP contribution in [0.5, 0.6) is 0 Å². The lowest BCUT2D eigenvalue weighted by Gasteiger charge is -2.41. The summed E-state index contributed by atoms with van der Waals surface area (Å²) in [6, 6.07) is 18.1. The predicted octanol–water partition coefficient (Wildman–Crippen LogP) is 2.27. The molecule has 1 aliphatic heterocycles. The largest absolute Gasteiger partial charge is 0.396 e. The molecule has 0 spiro atoms. The fraction of sp³-hybridized carbons (Fsp3) is 0.333. The average molecular weight is 364 g/mol. The molecule has 3 aromatic rings. The van der Waals surface area contributed by atoms with Crippen molar-refractivity contribution < 1.29 is 9.90 Å². The van der Waals surface area contributed by atoms with Crippen LogP contribution in [0.2, 0.25) is 0 Å². The number of rotatable bonds is 5. The van der Waals surface area contributed by atoms with Crippen molar-refractivity contribution >= 4 is 16.8 Å². The maximum atomic E-state index is 13.1. The van der Waals surface area contributed by atoms with Crippen molar-refractivity contribution in [2.24, 2.45) is 0 Å². The van der Waals surface area contributed by atoms with Crippen molar-refractivity contribution in [2.45, 2.75) is 19.0 Å². The van der Waals surface area contributed by atoms with Gasteiger partial charge >= 0.3 is 0 Å². The number of carbonyl (C=O) groups excluding carboxylic acids is 1. The molecule has 0 saturated carbocycles. The summed E-state index contributed by atoms with van der Waals surface area (Å²) in [5.41, 5.74) is 2.60. The third-order valence-electron chi connectivity index (χ3n) is 5.26. The number of H-pyrrole nitrogens is 1. The van der Waals surface area contributed by atoms with Gasteiger partial charge in [-0.25, -0.2) is 0 Å². The second kappa shape index (κ2) is 7.90. The average Bonchev–Trinajstić information content (AvgIpc) is 3.14. The topological polar surface area (TPSA) is 72.5 Å². The van der Waals surface area contributed by atoms with Crippen LogP contribution in [-0.4, -0.2) is 63.3 Å². The Bertz CT molecular complexity index is 909. The van der Waals surface area contributed by atoms with Gasteiger partial charge in [0.2, 0.25) is 0 Å². The van der Waals surface area contributed by atoms with Crippen LogP contribution in [0.4, 0.5) is 0 Å². The van der Waals surface area contributed by atoms with Gasteiger partial charge in [0.25, 0.3) is 5.91 Å². The first-order valence-electron chi connectivity index (χ1n) is 9.37. The number of hydrogen-bond acceptors (Lipinski definition) is 4. The number of aliphatic hydroxyl groups is 1. The molecule has 140 valence electrons. The van der Waals surface area contributed by atoms with Crippen LogP contribution >= 0.6 is 0 Å². The van der Waals surface area contributed by atoms with Crippen molar-refractivity contribution in [3.05, 3.63) is 65.9 Å². The van der Waals surface area contributed by atoms with Gasteiger partial charge in [0.05, 0.1) is 5.52 Å². The van der Waals surface area contributed by atoms with Crippen molar-refractivity contribution in [3.63, 3.8) is 0 Å². The Morgan fingerprint density at radius 2 is 1.89 bits per heavy atom. The highest BCUT2D eigenvalue weighted by molar-refractivity contribution is 6.04. The molecule has 0 bridgehead atoms. The quantitative estimate of drug-likeness (QED) is 0.729. The zero-order valence-electron chi connectivity index (χ0n) is 15.2. The van der Waals surface area contributed by atoms with Gasteiger partial charge in [-0.2, -0.15) is 5.10 Å². The molecule has 1 atom stereocenters. The third-order valence-corrected chi connectivity index (χ3v) is 5.26. The number of amides is 1. The fourth-order valence-corrected chi connectivity index (χ4v) is 3.80. The Morgan fingerprint density at radius 1 is 1.11 bits per heavy atom. The van der Waals surface area contributed by atoms with Crippen LogP contribution in [0.1, 0.15) is 22.5 Å². The summed E-state index contributed by atoms with van der Waals surface area (Å²) in [5, 5.41) is 17.5. The summed E-state index contributed by atoms with van der Waals surface area (Å²) in [4.78, 5) is 17.3. The van der Waals surface area contributed by atoms with Gasteiger partial charge in [-0.3, -0.25) is 14.8 Å². The van der Waals surface area contributed by atoms with E-state index in [1.165, 1.54) is 5.56 Å². The highest BCUT2D eigenvalue weighted by atomic mass is 16.3. The van der Waals surface area contributed by atoms with Crippen molar-refractivity contribution in [1.82, 2.24) is 20.0 Å². The van der Waals surface area contributed by atoms with Crippen LogP contribution in [0.15, 0.2) is 54.6 Å². The van der Waals surface area contributed by atoms with E-state index in [0.717, 1.165) is 24.0 Å². The number of aromatic amines is 1. The number of hydrogen-bond donors (Lipinski definition) is 2. The van der Waals surface area contributed by atoms with Gasteiger partial charge < -0.3 is 10.0 Å². The monoisotopic (exact) mass is 364 g/mol. The molecule has 4 rings (SSSR count). The van der Waals surface area contributed by atoms with E-state index in [0.29, 0.717) is 25.2 Å². The number of fused-ring (bicyclic) bond motifs is 1. The lowest BCUT2D eigenvalue weighted by atomic mass is 10.1. The molecule has 27 heavy (non-hydrogen) atoms. The number of piperazine rings is 1. The lowest BCUT2D eigenvalue weighted by Crippen LogP contribution is -2.54. The number of aromatic nitrogens is 2. The first-order chi connectivity index (χ1) is 13.3. The molecular formula is C21H24N4O2. The summed E-state index contributed by atoms with van der Waals surface area (Å²) < 4.78 is 0. The van der Waals surface area contributed by atoms with Gasteiger partial charge in [-0.1, -0.05) is 48.5 Å². The first-order valence-corrected chi connectivity index (χ1v) is 9.37. The molecule has 0 unspecified atom stereocenters. The summed E-state index contributed by atoms with van der Waals surface area (Å²) in [6.07, 6.45) is 0.651. The molecule has 6 nitrogen and oxygen atoms in total. The van der Waals surface area contributed by atoms with E-state index in [1.54, 1.807) is 0 Å². The van der Waals surface area contributed by atoms with Crippen LogP contribution < -0.4 is 0 Å². The Balaban J connectivity index is 1.50. The smallest absolute Gasteiger partial charge is 0.275 e. The zero-order chi connectivity index (χ0) is 18.6. The van der Waals surface area contributed by atoms with Gasteiger partial charge in [-0.05, 0) is 18.1 Å². The van der Waals surface area contributed by atoms with Crippen LogP contribution in [0, 0.1) is 0 Å². The maximum Gasteiger partial charge on any atom is 0.275 e. The minimum atomic E-state index is -0.0465. The molecule has 1 saturated heterocycles. The minimum absolute atomic E-state index is 0.0465. The standard InChI is InChI=1S/C21H24N4O2/c26-13-10-17-15-25(12-11-24(17)14-16-6-2-1-3-7-16)21(27)20-18-8-4-5-9-19(18)22-23-20/h1-9,17,26H,10-15H2,(H,22,23)/t17-/m1/s1. The van der Waals surface area contributed by atoms with Crippen molar-refractivity contribution in [3.8, 4) is 0 Å². The minimum Gasteiger partial charge on any atom is -0.396 e. The van der Waals surface area contributed by atoms with E-state index in [-0.39, 0.29) is 18.6 Å². The Morgan fingerprint density at radius 3 is 2.70 bits per heavy atom. The van der Waals surface area contributed by atoms with E-state index in [4.69, 9.17) is 0 Å². The third kappa shape index (κ3) is 3.72. The SMILES string of the molecule is O=C(c1n[nH]c2ccccc12)N1CCN(Cc2ccccc2)[C@H](CCO)C1. The molecule has 0 aliphatic carbocycles. The Kier molecular flexibility index (Phi) is 5.18. The summed E-state index contributed by atoms with van der Waals surface area (Å²) in [5.74, 6) is -0.0465. The molecule has 2 aromatic carbocycles. The summed E-state index contributed by atoms with van der Waals surface area (Å²) in [6.45, 7) is 3.00. The number of benzene rings is 2. The molecule has 6 heteroatoms. The maximum absolute atomic E-state index is 13.1. The van der Waals surface area contributed by atoms with Gasteiger partial charge in [0.1, 0.15) is 0 Å². The molecule has 1 fully saturated rings. The molecule has 1 aliphatic rings. The van der Waals surface area contributed by atoms with Crippen molar-refractivity contribution in [1.29, 1.82) is 0 Å². The molecule has 2 N–H and O–H groups in total. The normalized spacial score (nSPS) is 18.1. The second-order valence-electron chi connectivity index (χ2n) is 6.99. The summed E-state index contributed by atoms with van der Waals surface area (Å²) >= 11 is 0. The van der Waals surface area contributed by atoms with E-state index in [1.807, 2.05) is 47.4 Å². The number of carbonyl (C=O) groups is 1. The predicted molar refractivity (Wildman–Crippen MR) is 104 cm³/mol. The van der Waals surface area contributed by atoms with Gasteiger partial charge in [0.15, 0.2) is 5.69 Å². The van der Waals surface area contributed by atoms with E-state index in [2.05, 4.69) is 27.2 Å². The highest BCUT2D eigenvalue weighted by Gasteiger charge is 2.31. The van der Waals surface area contributed by atoms with Gasteiger partial charge in [0, 0.05) is 44.2 Å². The number of aliphatic hydroxyl groups excluding tert-OH is 1. The molecule has 1 amide bonds. The zero-order valence-corrected chi connectivity index (χ0v) is 15.2. The Labute approximate surface area is 158 Å². The lowest BCUT2D eigenvalue weighted by molar-refractivity contribution is 0.0392. The van der Waals surface area contributed by atoms with Crippen LogP contribution in [0.3, 0.4) is 0 Å². The first kappa shape index (κ1) is 17.7. The molecule has 1 aromatic heterocycles. The van der Waals surface area contributed by atoms with Crippen LogP contribution in [-0.2, 0) is 6.54 Å². The summed E-state index contributed by atoms with van der Waals surface area (Å²) in [7, 11) is 0. The Hall–Kier alpha value is -2.70. The number of nitrogens with one attached hydrogen (secondary N) is 1. The van der Waals surface area contributed by atoms with Gasteiger partial charge in [-0.15, -0.1) is 0 Å². The molecular weight excluding hydrogens is 340 g/mol. The van der Waals surface area contributed by atoms with E-state index >= 15 is 0 Å².